The van der Waals surface area contributed by atoms with Crippen LogP contribution in [0, 0.1) is 11.8 Å². The molecule has 3 unspecified atom stereocenters. The molecular weight excluding hydrogens is 194 g/mol. The van der Waals surface area contributed by atoms with Gasteiger partial charge in [-0.1, -0.05) is 30.3 Å². The highest BCUT2D eigenvalue weighted by atomic mass is 14.9. The van der Waals surface area contributed by atoms with Crippen molar-refractivity contribution in [1.29, 1.82) is 0 Å². The third-order valence-electron chi connectivity index (χ3n) is 4.18. The van der Waals surface area contributed by atoms with Crippen molar-refractivity contribution < 1.29 is 0 Å². The summed E-state index contributed by atoms with van der Waals surface area (Å²) in [6.07, 6.45) is 4.27. The van der Waals surface area contributed by atoms with Crippen LogP contribution in [-0.4, -0.2) is 12.6 Å². The Labute approximate surface area is 98.3 Å². The Morgan fingerprint density at radius 2 is 2.00 bits per heavy atom. The summed E-state index contributed by atoms with van der Waals surface area (Å²) in [5.41, 5.74) is 1.54. The molecule has 2 aliphatic rings. The quantitative estimate of drug-likeness (QED) is 0.795. The average molecular weight is 215 g/mol. The van der Waals surface area contributed by atoms with Crippen LogP contribution in [0.15, 0.2) is 30.3 Å². The molecule has 0 radical (unpaired) electrons. The fourth-order valence-electron chi connectivity index (χ4n) is 2.68. The van der Waals surface area contributed by atoms with Crippen molar-refractivity contribution in [2.24, 2.45) is 11.8 Å². The smallest absolute Gasteiger partial charge is 0.00671 e. The molecule has 2 aliphatic carbocycles. The molecule has 1 aromatic rings. The summed E-state index contributed by atoms with van der Waals surface area (Å²) in [6.45, 7) is 3.56. The molecule has 1 nitrogen and oxygen atoms in total. The van der Waals surface area contributed by atoms with Crippen molar-refractivity contribution >= 4 is 0 Å². The van der Waals surface area contributed by atoms with Crippen molar-refractivity contribution in [3.8, 4) is 0 Å². The van der Waals surface area contributed by atoms with Gasteiger partial charge in [0, 0.05) is 6.04 Å². The lowest BCUT2D eigenvalue weighted by Crippen LogP contribution is -2.29. The molecule has 1 aromatic carbocycles. The van der Waals surface area contributed by atoms with Crippen molar-refractivity contribution in [2.45, 2.75) is 38.1 Å². The van der Waals surface area contributed by atoms with Gasteiger partial charge in [0.15, 0.2) is 0 Å². The lowest BCUT2D eigenvalue weighted by molar-refractivity contribution is 0.480. The van der Waals surface area contributed by atoms with Gasteiger partial charge in [-0.15, -0.1) is 0 Å². The molecule has 3 rings (SSSR count). The Balaban J connectivity index is 1.45. The summed E-state index contributed by atoms with van der Waals surface area (Å²) in [7, 11) is 0. The second kappa shape index (κ2) is 4.21. The molecule has 86 valence electrons. The van der Waals surface area contributed by atoms with Gasteiger partial charge in [0.2, 0.25) is 0 Å². The maximum Gasteiger partial charge on any atom is 0.00671 e. The highest BCUT2D eigenvalue weighted by Gasteiger charge is 2.38. The number of benzene rings is 1. The fraction of sp³-hybridized carbons (Fsp3) is 0.600. The zero-order chi connectivity index (χ0) is 11.0. The van der Waals surface area contributed by atoms with Gasteiger partial charge in [-0.25, -0.2) is 0 Å². The molecule has 0 saturated heterocycles. The van der Waals surface area contributed by atoms with Gasteiger partial charge in [0.05, 0.1) is 0 Å². The normalized spacial score (nSPS) is 30.1. The van der Waals surface area contributed by atoms with Gasteiger partial charge < -0.3 is 5.32 Å². The van der Waals surface area contributed by atoms with Crippen LogP contribution in [0.1, 0.15) is 37.7 Å². The molecule has 2 fully saturated rings. The molecule has 16 heavy (non-hydrogen) atoms. The van der Waals surface area contributed by atoms with E-state index < -0.39 is 0 Å². The first kappa shape index (κ1) is 10.3. The highest BCUT2D eigenvalue weighted by Crippen LogP contribution is 2.47. The second-order valence-electron chi connectivity index (χ2n) is 5.55. The number of hydrogen-bond acceptors (Lipinski definition) is 1. The van der Waals surface area contributed by atoms with Crippen LogP contribution in [0.5, 0.6) is 0 Å². The monoisotopic (exact) mass is 215 g/mol. The predicted octanol–water partition coefficient (Wildman–Crippen LogP) is 3.18. The zero-order valence-corrected chi connectivity index (χ0v) is 10.0. The summed E-state index contributed by atoms with van der Waals surface area (Å²) >= 11 is 0. The van der Waals surface area contributed by atoms with E-state index in [1.165, 1.54) is 31.4 Å². The fourth-order valence-corrected chi connectivity index (χ4v) is 2.68. The van der Waals surface area contributed by atoms with Crippen LogP contribution in [0.4, 0.5) is 0 Å². The van der Waals surface area contributed by atoms with Crippen molar-refractivity contribution in [3.05, 3.63) is 35.9 Å². The van der Waals surface area contributed by atoms with Crippen LogP contribution < -0.4 is 5.32 Å². The minimum atomic E-state index is 0.747. The summed E-state index contributed by atoms with van der Waals surface area (Å²) in [4.78, 5) is 0. The Hall–Kier alpha value is -0.820. The van der Waals surface area contributed by atoms with E-state index in [1.807, 2.05) is 0 Å². The minimum absolute atomic E-state index is 0.747. The van der Waals surface area contributed by atoms with Gasteiger partial charge in [0.25, 0.3) is 0 Å². The van der Waals surface area contributed by atoms with Crippen LogP contribution in [0.3, 0.4) is 0 Å². The molecule has 0 amide bonds. The van der Waals surface area contributed by atoms with Crippen LogP contribution in [-0.2, 0) is 0 Å². The lowest BCUT2D eigenvalue weighted by atomic mass is 10.1. The van der Waals surface area contributed by atoms with Gasteiger partial charge in [-0.05, 0) is 56.0 Å². The summed E-state index contributed by atoms with van der Waals surface area (Å²) < 4.78 is 0. The van der Waals surface area contributed by atoms with E-state index in [4.69, 9.17) is 0 Å². The van der Waals surface area contributed by atoms with E-state index in [-0.39, 0.29) is 0 Å². The van der Waals surface area contributed by atoms with E-state index in [2.05, 4.69) is 42.6 Å². The summed E-state index contributed by atoms with van der Waals surface area (Å²) in [5.74, 6) is 2.71. The summed E-state index contributed by atoms with van der Waals surface area (Å²) in [6, 6.07) is 11.7. The average Bonchev–Trinajstić information content (AvgIpc) is 3.18. The van der Waals surface area contributed by atoms with Gasteiger partial charge in [-0.2, -0.15) is 0 Å². The van der Waals surface area contributed by atoms with E-state index in [9.17, 15) is 0 Å². The predicted molar refractivity (Wildman–Crippen MR) is 67.5 cm³/mol. The molecule has 1 heteroatoms. The van der Waals surface area contributed by atoms with Gasteiger partial charge in [0.1, 0.15) is 0 Å². The molecular formula is C15H21N. The highest BCUT2D eigenvalue weighted by molar-refractivity contribution is 5.25. The number of rotatable bonds is 5. The van der Waals surface area contributed by atoms with Crippen LogP contribution >= 0.6 is 0 Å². The van der Waals surface area contributed by atoms with E-state index >= 15 is 0 Å². The van der Waals surface area contributed by atoms with Crippen molar-refractivity contribution in [1.82, 2.24) is 5.32 Å². The zero-order valence-electron chi connectivity index (χ0n) is 10.0. The van der Waals surface area contributed by atoms with E-state index in [0.717, 1.165) is 23.8 Å². The minimum Gasteiger partial charge on any atom is -0.314 e. The van der Waals surface area contributed by atoms with Gasteiger partial charge >= 0.3 is 0 Å². The topological polar surface area (TPSA) is 12.0 Å². The summed E-state index contributed by atoms with van der Waals surface area (Å²) in [5, 5.41) is 3.71. The maximum atomic E-state index is 3.71. The first-order valence-electron chi connectivity index (χ1n) is 6.63. The third kappa shape index (κ3) is 2.30. The lowest BCUT2D eigenvalue weighted by Gasteiger charge is -2.12. The molecule has 0 bridgehead atoms. The first-order valence-corrected chi connectivity index (χ1v) is 6.63. The standard InChI is InChI=1S/C15H21N/c1-11(12-7-8-12)16-10-14-9-15(14)13-5-3-2-4-6-13/h2-6,11-12,14-16H,7-10H2,1H3. The Bertz CT molecular complexity index is 342. The van der Waals surface area contributed by atoms with Gasteiger partial charge in [-0.3, -0.25) is 0 Å². The SMILES string of the molecule is CC(NCC1CC1c1ccccc1)C1CC1. The second-order valence-corrected chi connectivity index (χ2v) is 5.55. The molecule has 2 saturated carbocycles. The first-order chi connectivity index (χ1) is 7.84. The maximum absolute atomic E-state index is 3.71. The number of nitrogens with one attached hydrogen (secondary N) is 1. The van der Waals surface area contributed by atoms with E-state index in [1.54, 1.807) is 0 Å². The van der Waals surface area contributed by atoms with E-state index in [0.29, 0.717) is 0 Å². The largest absolute Gasteiger partial charge is 0.314 e. The van der Waals surface area contributed by atoms with Crippen LogP contribution in [0.25, 0.3) is 0 Å². The third-order valence-corrected chi connectivity index (χ3v) is 4.18. The Morgan fingerprint density at radius 1 is 1.25 bits per heavy atom. The van der Waals surface area contributed by atoms with Crippen molar-refractivity contribution in [2.75, 3.05) is 6.54 Å². The molecule has 0 spiro atoms. The molecule has 0 aromatic heterocycles. The van der Waals surface area contributed by atoms with Crippen molar-refractivity contribution in [3.63, 3.8) is 0 Å². The molecule has 0 aliphatic heterocycles. The number of hydrogen-bond donors (Lipinski definition) is 1. The Kier molecular flexibility index (Phi) is 2.72. The molecule has 3 atom stereocenters. The molecule has 0 heterocycles. The molecule has 1 N–H and O–H groups in total. The van der Waals surface area contributed by atoms with Crippen LogP contribution in [0.2, 0.25) is 0 Å². The Morgan fingerprint density at radius 3 is 2.69 bits per heavy atom.